The first-order valence-electron chi connectivity index (χ1n) is 6.01. The number of rotatable bonds is 5. The summed E-state index contributed by atoms with van der Waals surface area (Å²) < 4.78 is 13.2. The number of anilines is 1. The summed E-state index contributed by atoms with van der Waals surface area (Å²) in [5.74, 6) is 0. The quantitative estimate of drug-likeness (QED) is 0.844. The van der Waals surface area contributed by atoms with Gasteiger partial charge in [0, 0.05) is 28.3 Å². The van der Waals surface area contributed by atoms with Crippen LogP contribution in [0.3, 0.4) is 0 Å². The molecule has 0 amide bonds. The molecule has 0 aromatic heterocycles. The van der Waals surface area contributed by atoms with Crippen molar-refractivity contribution in [1.82, 2.24) is 0 Å². The van der Waals surface area contributed by atoms with Gasteiger partial charge in [-0.3, -0.25) is 0 Å². The molecular weight excluding hydrogens is 362 g/mol. The Balaban J connectivity index is 1.98. The standard InChI is InChI=1S/C13H17Br2NO2/c1-3-18-12-7-11(13(12)17-2)16-10-5-4-8(14)6-9(10)15/h4-6,11-13,16H,3,7H2,1-2H3. The van der Waals surface area contributed by atoms with E-state index in [-0.39, 0.29) is 12.2 Å². The zero-order chi connectivity index (χ0) is 13.1. The van der Waals surface area contributed by atoms with Crippen molar-refractivity contribution in [2.75, 3.05) is 19.0 Å². The van der Waals surface area contributed by atoms with Gasteiger partial charge in [-0.15, -0.1) is 0 Å². The number of nitrogens with one attached hydrogen (secondary N) is 1. The number of hydrogen-bond acceptors (Lipinski definition) is 3. The average molecular weight is 379 g/mol. The topological polar surface area (TPSA) is 30.5 Å². The Morgan fingerprint density at radius 2 is 2.17 bits per heavy atom. The first kappa shape index (κ1) is 14.3. The third-order valence-corrected chi connectivity index (χ3v) is 4.32. The van der Waals surface area contributed by atoms with E-state index in [1.807, 2.05) is 19.1 Å². The number of methoxy groups -OCH3 is 1. The molecule has 1 aromatic rings. The van der Waals surface area contributed by atoms with E-state index in [9.17, 15) is 0 Å². The van der Waals surface area contributed by atoms with E-state index in [1.54, 1.807) is 7.11 Å². The van der Waals surface area contributed by atoms with Gasteiger partial charge in [0.2, 0.25) is 0 Å². The molecule has 1 fully saturated rings. The summed E-state index contributed by atoms with van der Waals surface area (Å²) in [6.45, 7) is 2.75. The zero-order valence-corrected chi connectivity index (χ0v) is 13.6. The third-order valence-electron chi connectivity index (χ3n) is 3.17. The van der Waals surface area contributed by atoms with Crippen LogP contribution in [0.2, 0.25) is 0 Å². The van der Waals surface area contributed by atoms with Crippen molar-refractivity contribution in [3.63, 3.8) is 0 Å². The minimum absolute atomic E-state index is 0.125. The molecule has 100 valence electrons. The van der Waals surface area contributed by atoms with E-state index in [0.717, 1.165) is 27.7 Å². The van der Waals surface area contributed by atoms with E-state index in [1.165, 1.54) is 0 Å². The normalized spacial score (nSPS) is 26.8. The summed E-state index contributed by atoms with van der Waals surface area (Å²) >= 11 is 7.00. The zero-order valence-electron chi connectivity index (χ0n) is 10.5. The molecule has 3 atom stereocenters. The van der Waals surface area contributed by atoms with E-state index >= 15 is 0 Å². The predicted octanol–water partition coefficient (Wildman–Crippen LogP) is 3.82. The van der Waals surface area contributed by atoms with Gasteiger partial charge in [0.15, 0.2) is 0 Å². The highest BCUT2D eigenvalue weighted by Crippen LogP contribution is 2.33. The summed E-state index contributed by atoms with van der Waals surface area (Å²) in [5, 5.41) is 3.49. The van der Waals surface area contributed by atoms with E-state index in [0.29, 0.717) is 6.04 Å². The van der Waals surface area contributed by atoms with Crippen LogP contribution in [-0.4, -0.2) is 32.0 Å². The van der Waals surface area contributed by atoms with Crippen molar-refractivity contribution in [1.29, 1.82) is 0 Å². The van der Waals surface area contributed by atoms with Gasteiger partial charge in [-0.05, 0) is 47.5 Å². The van der Waals surface area contributed by atoms with Crippen molar-refractivity contribution in [3.8, 4) is 0 Å². The van der Waals surface area contributed by atoms with Crippen molar-refractivity contribution < 1.29 is 9.47 Å². The average Bonchev–Trinajstić information content (AvgIpc) is 2.31. The lowest BCUT2D eigenvalue weighted by molar-refractivity contribution is -0.118. The number of ether oxygens (including phenoxy) is 2. The molecule has 2 rings (SSSR count). The van der Waals surface area contributed by atoms with Crippen LogP contribution in [0.15, 0.2) is 27.1 Å². The maximum absolute atomic E-state index is 5.61. The minimum Gasteiger partial charge on any atom is -0.379 e. The molecule has 1 N–H and O–H groups in total. The molecule has 1 aliphatic carbocycles. The summed E-state index contributed by atoms with van der Waals surface area (Å²) in [6.07, 6.45) is 1.32. The molecule has 0 bridgehead atoms. The van der Waals surface area contributed by atoms with Crippen molar-refractivity contribution >= 4 is 37.5 Å². The fourth-order valence-corrected chi connectivity index (χ4v) is 3.38. The summed E-state index contributed by atoms with van der Waals surface area (Å²) in [4.78, 5) is 0. The number of halogens is 2. The largest absolute Gasteiger partial charge is 0.379 e. The highest BCUT2D eigenvalue weighted by Gasteiger charge is 2.42. The van der Waals surface area contributed by atoms with Gasteiger partial charge in [-0.1, -0.05) is 15.9 Å². The van der Waals surface area contributed by atoms with E-state index in [2.05, 4.69) is 43.2 Å². The lowest BCUT2D eigenvalue weighted by Gasteiger charge is -2.43. The molecule has 0 heterocycles. The van der Waals surface area contributed by atoms with Crippen molar-refractivity contribution in [2.45, 2.75) is 31.6 Å². The maximum atomic E-state index is 5.61. The molecule has 3 unspecified atom stereocenters. The van der Waals surface area contributed by atoms with Gasteiger partial charge in [-0.2, -0.15) is 0 Å². The van der Waals surface area contributed by atoms with Crippen LogP contribution in [0.1, 0.15) is 13.3 Å². The minimum atomic E-state index is 0.125. The molecule has 0 aliphatic heterocycles. The second-order valence-electron chi connectivity index (χ2n) is 4.30. The molecular formula is C13H17Br2NO2. The summed E-state index contributed by atoms with van der Waals surface area (Å²) in [7, 11) is 1.74. The molecule has 1 saturated carbocycles. The van der Waals surface area contributed by atoms with E-state index < -0.39 is 0 Å². The van der Waals surface area contributed by atoms with E-state index in [4.69, 9.17) is 9.47 Å². The third kappa shape index (κ3) is 3.07. The van der Waals surface area contributed by atoms with Crippen LogP contribution in [0.25, 0.3) is 0 Å². The molecule has 0 spiro atoms. The van der Waals surface area contributed by atoms with Crippen LogP contribution in [0.5, 0.6) is 0 Å². The molecule has 0 saturated heterocycles. The Hall–Kier alpha value is -0.100. The lowest BCUT2D eigenvalue weighted by Crippen LogP contribution is -2.56. The first-order valence-corrected chi connectivity index (χ1v) is 7.60. The SMILES string of the molecule is CCOC1CC(Nc2ccc(Br)cc2Br)C1OC. The number of hydrogen-bond donors (Lipinski definition) is 1. The highest BCUT2D eigenvalue weighted by atomic mass is 79.9. The van der Waals surface area contributed by atoms with Crippen LogP contribution in [-0.2, 0) is 9.47 Å². The van der Waals surface area contributed by atoms with Gasteiger partial charge in [0.1, 0.15) is 6.10 Å². The molecule has 0 radical (unpaired) electrons. The molecule has 1 aromatic carbocycles. The Morgan fingerprint density at radius 3 is 2.78 bits per heavy atom. The van der Waals surface area contributed by atoms with Crippen molar-refractivity contribution in [3.05, 3.63) is 27.1 Å². The predicted molar refractivity (Wildman–Crippen MR) is 80.1 cm³/mol. The highest BCUT2D eigenvalue weighted by molar-refractivity contribution is 9.11. The van der Waals surface area contributed by atoms with Gasteiger partial charge in [0.05, 0.1) is 12.1 Å². The second-order valence-corrected chi connectivity index (χ2v) is 6.07. The summed E-state index contributed by atoms with van der Waals surface area (Å²) in [6, 6.07) is 6.41. The van der Waals surface area contributed by atoms with Crippen molar-refractivity contribution in [2.24, 2.45) is 0 Å². The summed E-state index contributed by atoms with van der Waals surface area (Å²) in [5.41, 5.74) is 1.08. The fraction of sp³-hybridized carbons (Fsp3) is 0.538. The van der Waals surface area contributed by atoms with Crippen LogP contribution in [0.4, 0.5) is 5.69 Å². The lowest BCUT2D eigenvalue weighted by atomic mass is 9.85. The Bertz CT molecular complexity index is 414. The van der Waals surface area contributed by atoms with Gasteiger partial charge in [-0.25, -0.2) is 0 Å². The molecule has 18 heavy (non-hydrogen) atoms. The van der Waals surface area contributed by atoms with Crippen LogP contribution >= 0.6 is 31.9 Å². The number of benzene rings is 1. The maximum Gasteiger partial charge on any atom is 0.103 e. The van der Waals surface area contributed by atoms with Gasteiger partial charge >= 0.3 is 0 Å². The molecule has 3 nitrogen and oxygen atoms in total. The molecule has 5 heteroatoms. The fourth-order valence-electron chi connectivity index (χ4n) is 2.22. The van der Waals surface area contributed by atoms with Crippen LogP contribution in [0, 0.1) is 0 Å². The first-order chi connectivity index (χ1) is 8.65. The second kappa shape index (κ2) is 6.37. The Kier molecular flexibility index (Phi) is 5.06. The molecule has 1 aliphatic rings. The Morgan fingerprint density at radius 1 is 1.39 bits per heavy atom. The van der Waals surface area contributed by atoms with Gasteiger partial charge < -0.3 is 14.8 Å². The monoisotopic (exact) mass is 377 g/mol. The Labute approximate surface area is 124 Å². The smallest absolute Gasteiger partial charge is 0.103 e. The van der Waals surface area contributed by atoms with Crippen LogP contribution < -0.4 is 5.32 Å². The van der Waals surface area contributed by atoms with Gasteiger partial charge in [0.25, 0.3) is 0 Å².